The van der Waals surface area contributed by atoms with Crippen molar-refractivity contribution in [2.75, 3.05) is 20.6 Å². The van der Waals surface area contributed by atoms with Crippen LogP contribution in [0.3, 0.4) is 0 Å². The third kappa shape index (κ3) is 4.54. The lowest BCUT2D eigenvalue weighted by molar-refractivity contribution is 0.400. The average molecular weight is 263 g/mol. The molecule has 2 heteroatoms. The molecule has 0 atom stereocenters. The van der Waals surface area contributed by atoms with Crippen LogP contribution in [0.15, 0.2) is 12.1 Å². The molecular formula is C17H29NO. The van der Waals surface area contributed by atoms with E-state index in [1.807, 2.05) is 0 Å². The third-order valence-corrected chi connectivity index (χ3v) is 3.54. The van der Waals surface area contributed by atoms with E-state index in [4.69, 9.17) is 0 Å². The Bertz CT molecular complexity index is 379. The summed E-state index contributed by atoms with van der Waals surface area (Å²) in [6.07, 6.45) is 2.24. The van der Waals surface area contributed by atoms with E-state index in [0.29, 0.717) is 17.6 Å². The number of benzene rings is 1. The standard InChI is InChI=1S/C17H29NO/c1-12(2)15-10-14(8-7-9-18(5)6)11-16(13(3)4)17(15)19/h10-13,19H,7-9H2,1-6H3. The Morgan fingerprint density at radius 3 is 1.84 bits per heavy atom. The fourth-order valence-corrected chi connectivity index (χ4v) is 2.37. The second-order valence-electron chi connectivity index (χ2n) is 6.34. The van der Waals surface area contributed by atoms with Crippen LogP contribution in [0.5, 0.6) is 5.75 Å². The topological polar surface area (TPSA) is 23.5 Å². The molecule has 0 fully saturated rings. The Labute approximate surface area is 118 Å². The van der Waals surface area contributed by atoms with Gasteiger partial charge in [0.1, 0.15) is 5.75 Å². The second kappa shape index (κ2) is 6.95. The molecule has 1 N–H and O–H groups in total. The van der Waals surface area contributed by atoms with Gasteiger partial charge in [-0.25, -0.2) is 0 Å². The number of hydrogen-bond acceptors (Lipinski definition) is 2. The lowest BCUT2D eigenvalue weighted by Gasteiger charge is -2.18. The molecule has 0 aliphatic heterocycles. The van der Waals surface area contributed by atoms with Crippen molar-refractivity contribution in [3.05, 3.63) is 28.8 Å². The number of aryl methyl sites for hydroxylation is 1. The molecule has 0 unspecified atom stereocenters. The first-order valence-corrected chi connectivity index (χ1v) is 7.33. The van der Waals surface area contributed by atoms with Crippen LogP contribution in [0.4, 0.5) is 0 Å². The number of rotatable bonds is 6. The number of hydrogen-bond donors (Lipinski definition) is 1. The molecule has 0 saturated carbocycles. The molecule has 108 valence electrons. The molecule has 0 aliphatic carbocycles. The minimum atomic E-state index is 0.367. The highest BCUT2D eigenvalue weighted by atomic mass is 16.3. The highest BCUT2D eigenvalue weighted by Crippen LogP contribution is 2.35. The fourth-order valence-electron chi connectivity index (χ4n) is 2.37. The molecule has 0 spiro atoms. The van der Waals surface area contributed by atoms with E-state index < -0.39 is 0 Å². The maximum atomic E-state index is 10.4. The van der Waals surface area contributed by atoms with Crippen molar-refractivity contribution in [3.8, 4) is 5.75 Å². The van der Waals surface area contributed by atoms with Crippen molar-refractivity contribution in [2.45, 2.75) is 52.4 Å². The van der Waals surface area contributed by atoms with Crippen LogP contribution in [0, 0.1) is 0 Å². The summed E-state index contributed by atoms with van der Waals surface area (Å²) in [6, 6.07) is 4.36. The highest BCUT2D eigenvalue weighted by molar-refractivity contribution is 5.46. The quantitative estimate of drug-likeness (QED) is 0.834. The van der Waals surface area contributed by atoms with Crippen molar-refractivity contribution < 1.29 is 5.11 Å². The minimum absolute atomic E-state index is 0.367. The molecule has 2 nitrogen and oxygen atoms in total. The summed E-state index contributed by atoms with van der Waals surface area (Å²) < 4.78 is 0. The Kier molecular flexibility index (Phi) is 5.86. The normalized spacial score (nSPS) is 11.8. The summed E-state index contributed by atoms with van der Waals surface area (Å²) >= 11 is 0. The van der Waals surface area contributed by atoms with Crippen LogP contribution >= 0.6 is 0 Å². The summed E-state index contributed by atoms with van der Waals surface area (Å²) in [6.45, 7) is 9.67. The summed E-state index contributed by atoms with van der Waals surface area (Å²) in [5.41, 5.74) is 3.53. The lowest BCUT2D eigenvalue weighted by atomic mass is 9.90. The van der Waals surface area contributed by atoms with Gasteiger partial charge in [0.15, 0.2) is 0 Å². The smallest absolute Gasteiger partial charge is 0.122 e. The highest BCUT2D eigenvalue weighted by Gasteiger charge is 2.14. The molecule has 19 heavy (non-hydrogen) atoms. The van der Waals surface area contributed by atoms with Gasteiger partial charge in [-0.2, -0.15) is 0 Å². The average Bonchev–Trinajstić information content (AvgIpc) is 2.29. The van der Waals surface area contributed by atoms with Gasteiger partial charge in [-0.1, -0.05) is 39.8 Å². The number of aromatic hydroxyl groups is 1. The van der Waals surface area contributed by atoms with E-state index in [2.05, 4.69) is 58.8 Å². The van der Waals surface area contributed by atoms with Gasteiger partial charge in [0, 0.05) is 0 Å². The molecule has 0 saturated heterocycles. The van der Waals surface area contributed by atoms with Crippen molar-refractivity contribution in [1.29, 1.82) is 0 Å². The predicted molar refractivity (Wildman–Crippen MR) is 83.2 cm³/mol. The van der Waals surface area contributed by atoms with Crippen LogP contribution in [-0.2, 0) is 6.42 Å². The molecule has 0 heterocycles. The van der Waals surface area contributed by atoms with Gasteiger partial charge in [0.25, 0.3) is 0 Å². The third-order valence-electron chi connectivity index (χ3n) is 3.54. The monoisotopic (exact) mass is 263 g/mol. The summed E-state index contributed by atoms with van der Waals surface area (Å²) in [5.74, 6) is 1.24. The van der Waals surface area contributed by atoms with Crippen LogP contribution in [-0.4, -0.2) is 30.6 Å². The van der Waals surface area contributed by atoms with Crippen molar-refractivity contribution in [1.82, 2.24) is 4.90 Å². The number of phenols is 1. The first-order chi connectivity index (χ1) is 8.82. The van der Waals surface area contributed by atoms with Crippen LogP contribution in [0.2, 0.25) is 0 Å². The van der Waals surface area contributed by atoms with Crippen LogP contribution < -0.4 is 0 Å². The zero-order valence-corrected chi connectivity index (χ0v) is 13.3. The van der Waals surface area contributed by atoms with Gasteiger partial charge in [0.05, 0.1) is 0 Å². The first-order valence-electron chi connectivity index (χ1n) is 7.33. The Morgan fingerprint density at radius 2 is 1.47 bits per heavy atom. The fraction of sp³-hybridized carbons (Fsp3) is 0.647. The van der Waals surface area contributed by atoms with Crippen molar-refractivity contribution >= 4 is 0 Å². The van der Waals surface area contributed by atoms with E-state index in [-0.39, 0.29) is 0 Å². The Hall–Kier alpha value is -1.02. The minimum Gasteiger partial charge on any atom is -0.507 e. The van der Waals surface area contributed by atoms with E-state index in [1.54, 1.807) is 0 Å². The van der Waals surface area contributed by atoms with Crippen LogP contribution in [0.25, 0.3) is 0 Å². The molecule has 0 bridgehead atoms. The second-order valence-corrected chi connectivity index (χ2v) is 6.34. The van der Waals surface area contributed by atoms with Gasteiger partial charge >= 0.3 is 0 Å². The maximum absolute atomic E-state index is 10.4. The molecular weight excluding hydrogens is 234 g/mol. The van der Waals surface area contributed by atoms with E-state index in [9.17, 15) is 5.11 Å². The molecule has 0 aliphatic rings. The maximum Gasteiger partial charge on any atom is 0.122 e. The van der Waals surface area contributed by atoms with E-state index in [0.717, 1.165) is 30.5 Å². The lowest BCUT2D eigenvalue weighted by Crippen LogP contribution is -2.13. The zero-order chi connectivity index (χ0) is 14.6. The van der Waals surface area contributed by atoms with E-state index >= 15 is 0 Å². The molecule has 0 aromatic heterocycles. The van der Waals surface area contributed by atoms with Crippen LogP contribution in [0.1, 0.15) is 62.6 Å². The predicted octanol–water partition coefficient (Wildman–Crippen LogP) is 4.13. The number of nitrogens with zero attached hydrogens (tertiary/aromatic N) is 1. The van der Waals surface area contributed by atoms with Gasteiger partial charge in [-0.3, -0.25) is 0 Å². The summed E-state index contributed by atoms with van der Waals surface area (Å²) in [7, 11) is 4.21. The molecule has 0 amide bonds. The molecule has 1 aromatic carbocycles. The zero-order valence-electron chi connectivity index (χ0n) is 13.3. The molecule has 1 rings (SSSR count). The van der Waals surface area contributed by atoms with Crippen molar-refractivity contribution in [3.63, 3.8) is 0 Å². The number of phenolic OH excluding ortho intramolecular Hbond substituents is 1. The van der Waals surface area contributed by atoms with E-state index in [1.165, 1.54) is 5.56 Å². The van der Waals surface area contributed by atoms with Gasteiger partial charge in [0.2, 0.25) is 0 Å². The SMILES string of the molecule is CC(C)c1cc(CCCN(C)C)cc(C(C)C)c1O. The van der Waals surface area contributed by atoms with Gasteiger partial charge in [-0.15, -0.1) is 0 Å². The van der Waals surface area contributed by atoms with Gasteiger partial charge in [-0.05, 0) is 62.0 Å². The first kappa shape index (κ1) is 16.0. The Morgan fingerprint density at radius 1 is 1.00 bits per heavy atom. The molecule has 0 radical (unpaired) electrons. The van der Waals surface area contributed by atoms with Crippen molar-refractivity contribution in [2.24, 2.45) is 0 Å². The van der Waals surface area contributed by atoms with Gasteiger partial charge < -0.3 is 10.0 Å². The summed E-state index contributed by atoms with van der Waals surface area (Å²) in [5, 5.41) is 10.4. The Balaban J connectivity index is 2.98. The summed E-state index contributed by atoms with van der Waals surface area (Å²) in [4.78, 5) is 2.22. The largest absolute Gasteiger partial charge is 0.507 e. The molecule has 1 aromatic rings.